The van der Waals surface area contributed by atoms with E-state index in [0.29, 0.717) is 22.7 Å². The molecule has 7 nitrogen and oxygen atoms in total. The lowest BCUT2D eigenvalue weighted by molar-refractivity contribution is 0.102. The van der Waals surface area contributed by atoms with Gasteiger partial charge in [0, 0.05) is 5.56 Å². The molecule has 8 heteroatoms. The molecule has 27 heavy (non-hydrogen) atoms. The number of nitrogens with zero attached hydrogens (tertiary/aromatic N) is 2. The first kappa shape index (κ1) is 18.1. The summed E-state index contributed by atoms with van der Waals surface area (Å²) in [7, 11) is 2.86. The molecule has 2 aromatic carbocycles. The van der Waals surface area contributed by atoms with Gasteiger partial charge >= 0.3 is 6.01 Å². The summed E-state index contributed by atoms with van der Waals surface area (Å²) in [6.45, 7) is 0. The van der Waals surface area contributed by atoms with Gasteiger partial charge in [0.25, 0.3) is 5.91 Å². The fourth-order valence-corrected chi connectivity index (χ4v) is 2.22. The SMILES string of the molecule is COc1ncc(NC(=O)c2cccc(Oc3ccc(F)cc3)c2)c(OC)n1. The highest BCUT2D eigenvalue weighted by molar-refractivity contribution is 6.05. The van der Waals surface area contributed by atoms with Crippen LogP contribution in [0.2, 0.25) is 0 Å². The monoisotopic (exact) mass is 369 g/mol. The molecule has 1 heterocycles. The summed E-state index contributed by atoms with van der Waals surface area (Å²) in [5.41, 5.74) is 0.653. The molecule has 0 radical (unpaired) electrons. The molecule has 0 fully saturated rings. The Bertz CT molecular complexity index is 948. The summed E-state index contributed by atoms with van der Waals surface area (Å²) in [5, 5.41) is 2.68. The van der Waals surface area contributed by atoms with Crippen molar-refractivity contribution in [3.05, 3.63) is 66.1 Å². The summed E-state index contributed by atoms with van der Waals surface area (Å²) >= 11 is 0. The highest BCUT2D eigenvalue weighted by Gasteiger charge is 2.13. The molecule has 0 bridgehead atoms. The lowest BCUT2D eigenvalue weighted by Gasteiger charge is -2.11. The molecule has 3 rings (SSSR count). The molecule has 0 aliphatic rings. The Morgan fingerprint density at radius 2 is 1.81 bits per heavy atom. The molecule has 1 amide bonds. The molecule has 0 aliphatic heterocycles. The number of aromatic nitrogens is 2. The number of amides is 1. The molecule has 138 valence electrons. The first-order valence-electron chi connectivity index (χ1n) is 7.89. The summed E-state index contributed by atoms with van der Waals surface area (Å²) < 4.78 is 28.7. The molecule has 1 N–H and O–H groups in total. The van der Waals surface area contributed by atoms with Gasteiger partial charge in [0.1, 0.15) is 23.0 Å². The van der Waals surface area contributed by atoms with E-state index in [-0.39, 0.29) is 17.7 Å². The van der Waals surface area contributed by atoms with E-state index in [0.717, 1.165) is 0 Å². The van der Waals surface area contributed by atoms with Gasteiger partial charge in [-0.05, 0) is 42.5 Å². The average molecular weight is 369 g/mol. The molecule has 1 aromatic heterocycles. The predicted molar refractivity (Wildman–Crippen MR) is 96.0 cm³/mol. The molecule has 0 unspecified atom stereocenters. The van der Waals surface area contributed by atoms with Gasteiger partial charge in [-0.15, -0.1) is 0 Å². The smallest absolute Gasteiger partial charge is 0.319 e. The zero-order valence-electron chi connectivity index (χ0n) is 14.6. The molecule has 0 atom stereocenters. The first-order chi connectivity index (χ1) is 13.1. The molecular weight excluding hydrogens is 353 g/mol. The minimum absolute atomic E-state index is 0.125. The van der Waals surface area contributed by atoms with Crippen LogP contribution in [0, 0.1) is 5.82 Å². The topological polar surface area (TPSA) is 82.6 Å². The van der Waals surface area contributed by atoms with Crippen molar-refractivity contribution in [1.82, 2.24) is 9.97 Å². The van der Waals surface area contributed by atoms with E-state index in [9.17, 15) is 9.18 Å². The van der Waals surface area contributed by atoms with Gasteiger partial charge in [0.2, 0.25) is 5.88 Å². The Labute approximate surface area is 154 Å². The standard InChI is InChI=1S/C19H16FN3O4/c1-25-18-16(11-21-19(23-18)26-2)22-17(24)12-4-3-5-15(10-12)27-14-8-6-13(20)7-9-14/h3-11H,1-2H3,(H,22,24). The third kappa shape index (κ3) is 4.49. The van der Waals surface area contributed by atoms with Crippen LogP contribution in [-0.4, -0.2) is 30.1 Å². The van der Waals surface area contributed by atoms with Crippen LogP contribution in [-0.2, 0) is 0 Å². The van der Waals surface area contributed by atoms with Crippen molar-refractivity contribution in [2.24, 2.45) is 0 Å². The van der Waals surface area contributed by atoms with Crippen molar-refractivity contribution in [1.29, 1.82) is 0 Å². The Morgan fingerprint density at radius 1 is 1.04 bits per heavy atom. The van der Waals surface area contributed by atoms with Crippen LogP contribution in [0.15, 0.2) is 54.7 Å². The highest BCUT2D eigenvalue weighted by Crippen LogP contribution is 2.25. The van der Waals surface area contributed by atoms with Crippen molar-refractivity contribution in [3.8, 4) is 23.4 Å². The van der Waals surface area contributed by atoms with Gasteiger partial charge in [-0.25, -0.2) is 9.37 Å². The lowest BCUT2D eigenvalue weighted by atomic mass is 10.2. The quantitative estimate of drug-likeness (QED) is 0.714. The molecule has 0 saturated carbocycles. The maximum Gasteiger partial charge on any atom is 0.319 e. The second kappa shape index (κ2) is 8.13. The number of hydrogen-bond donors (Lipinski definition) is 1. The number of nitrogens with one attached hydrogen (secondary N) is 1. The molecule has 0 aliphatic carbocycles. The number of anilines is 1. The largest absolute Gasteiger partial charge is 0.479 e. The number of hydrogen-bond acceptors (Lipinski definition) is 6. The average Bonchev–Trinajstić information content (AvgIpc) is 2.70. The molecular formula is C19H16FN3O4. The fraction of sp³-hybridized carbons (Fsp3) is 0.105. The van der Waals surface area contributed by atoms with Gasteiger partial charge in [-0.1, -0.05) is 6.07 Å². The van der Waals surface area contributed by atoms with Crippen LogP contribution in [0.5, 0.6) is 23.4 Å². The lowest BCUT2D eigenvalue weighted by Crippen LogP contribution is -2.13. The van der Waals surface area contributed by atoms with Crippen LogP contribution < -0.4 is 19.5 Å². The minimum atomic E-state index is -0.397. The van der Waals surface area contributed by atoms with Gasteiger partial charge in [-0.2, -0.15) is 4.98 Å². The Kier molecular flexibility index (Phi) is 5.46. The van der Waals surface area contributed by atoms with Crippen LogP contribution in [0.25, 0.3) is 0 Å². The summed E-state index contributed by atoms with van der Waals surface area (Å²) in [4.78, 5) is 20.5. The van der Waals surface area contributed by atoms with Crippen molar-refractivity contribution < 1.29 is 23.4 Å². The predicted octanol–water partition coefficient (Wildman–Crippen LogP) is 3.68. The third-order valence-electron chi connectivity index (χ3n) is 3.50. The van der Waals surface area contributed by atoms with Crippen LogP contribution in [0.3, 0.4) is 0 Å². The normalized spacial score (nSPS) is 10.2. The first-order valence-corrected chi connectivity index (χ1v) is 7.89. The van der Waals surface area contributed by atoms with Crippen molar-refractivity contribution >= 4 is 11.6 Å². The van der Waals surface area contributed by atoms with E-state index in [1.807, 2.05) is 0 Å². The number of carbonyl (C=O) groups is 1. The number of rotatable bonds is 6. The highest BCUT2D eigenvalue weighted by atomic mass is 19.1. The Morgan fingerprint density at radius 3 is 2.52 bits per heavy atom. The van der Waals surface area contributed by atoms with Crippen LogP contribution in [0.4, 0.5) is 10.1 Å². The van der Waals surface area contributed by atoms with E-state index in [1.54, 1.807) is 24.3 Å². The van der Waals surface area contributed by atoms with Crippen LogP contribution >= 0.6 is 0 Å². The Balaban J connectivity index is 1.76. The third-order valence-corrected chi connectivity index (χ3v) is 3.50. The minimum Gasteiger partial charge on any atom is -0.479 e. The number of ether oxygens (including phenoxy) is 3. The van der Waals surface area contributed by atoms with E-state index < -0.39 is 5.91 Å². The van der Waals surface area contributed by atoms with Crippen molar-refractivity contribution in [2.75, 3.05) is 19.5 Å². The number of benzene rings is 2. The number of halogens is 1. The van der Waals surface area contributed by atoms with Crippen molar-refractivity contribution in [3.63, 3.8) is 0 Å². The summed E-state index contributed by atoms with van der Waals surface area (Å²) in [5.74, 6) is 0.318. The van der Waals surface area contributed by atoms with Crippen molar-refractivity contribution in [2.45, 2.75) is 0 Å². The maximum atomic E-state index is 13.0. The van der Waals surface area contributed by atoms with E-state index in [2.05, 4.69) is 15.3 Å². The van der Waals surface area contributed by atoms with Gasteiger partial charge in [0.15, 0.2) is 0 Å². The van der Waals surface area contributed by atoms with Crippen LogP contribution in [0.1, 0.15) is 10.4 Å². The second-order valence-electron chi connectivity index (χ2n) is 5.32. The van der Waals surface area contributed by atoms with E-state index in [4.69, 9.17) is 14.2 Å². The Hall–Kier alpha value is -3.68. The molecule has 0 saturated heterocycles. The number of carbonyl (C=O) groups excluding carboxylic acids is 1. The zero-order valence-corrected chi connectivity index (χ0v) is 14.6. The van der Waals surface area contributed by atoms with Gasteiger partial charge in [0.05, 0.1) is 20.4 Å². The molecule has 3 aromatic rings. The van der Waals surface area contributed by atoms with E-state index in [1.165, 1.54) is 44.7 Å². The molecule has 0 spiro atoms. The number of methoxy groups -OCH3 is 2. The fourth-order valence-electron chi connectivity index (χ4n) is 2.22. The van der Waals surface area contributed by atoms with Gasteiger partial charge < -0.3 is 19.5 Å². The summed E-state index contributed by atoms with van der Waals surface area (Å²) in [6, 6.07) is 12.3. The van der Waals surface area contributed by atoms with E-state index >= 15 is 0 Å². The second-order valence-corrected chi connectivity index (χ2v) is 5.32. The maximum absolute atomic E-state index is 13.0. The van der Waals surface area contributed by atoms with Gasteiger partial charge in [-0.3, -0.25) is 4.79 Å². The zero-order chi connectivity index (χ0) is 19.2. The summed E-state index contributed by atoms with van der Waals surface area (Å²) in [6.07, 6.45) is 1.39.